The zero-order chi connectivity index (χ0) is 27.3. The van der Waals surface area contributed by atoms with Crippen LogP contribution in [-0.2, 0) is 0 Å². The zero-order valence-electron chi connectivity index (χ0n) is 19.9. The summed E-state index contributed by atoms with van der Waals surface area (Å²) in [6.07, 6.45) is 2.66. The summed E-state index contributed by atoms with van der Waals surface area (Å²) in [6.45, 7) is 0. The van der Waals surface area contributed by atoms with Gasteiger partial charge in [0, 0.05) is 0 Å². The fraction of sp³-hybridized carbons (Fsp3) is 0.0714. The molecule has 0 aliphatic rings. The van der Waals surface area contributed by atoms with Crippen LogP contribution < -0.4 is 9.47 Å². The molecule has 4 aromatic rings. The second kappa shape index (κ2) is 11.0. The summed E-state index contributed by atoms with van der Waals surface area (Å²) in [5, 5.41) is 24.1. The fourth-order valence-electron chi connectivity index (χ4n) is 3.54. The van der Waals surface area contributed by atoms with Crippen LogP contribution in [0.15, 0.2) is 66.7 Å². The minimum atomic E-state index is -4.80. The topological polar surface area (TPSA) is 93.8 Å². The molecule has 0 amide bonds. The van der Waals surface area contributed by atoms with Crippen molar-refractivity contribution < 1.29 is 37.7 Å². The van der Waals surface area contributed by atoms with E-state index in [0.717, 1.165) is 5.56 Å². The number of carbonyl (C=O) groups excluding carboxylic acids is 1. The third-order valence-corrected chi connectivity index (χ3v) is 5.35. The van der Waals surface area contributed by atoms with Crippen LogP contribution in [-0.4, -0.2) is 39.8 Å². The third-order valence-electron chi connectivity index (χ3n) is 5.35. The van der Waals surface area contributed by atoms with E-state index in [1.807, 2.05) is 0 Å². The molecule has 0 radical (unpaired) electrons. The molecule has 10 heteroatoms. The van der Waals surface area contributed by atoms with Gasteiger partial charge >= 0.3 is 6.36 Å². The Hall–Kier alpha value is -4.99. The highest BCUT2D eigenvalue weighted by Gasteiger charge is 2.31. The van der Waals surface area contributed by atoms with Crippen LogP contribution in [0.3, 0.4) is 0 Å². The quantitative estimate of drug-likeness (QED) is 0.262. The number of hydrogen-bond acceptors (Lipinski definition) is 6. The van der Waals surface area contributed by atoms with Crippen LogP contribution in [0, 0.1) is 0 Å². The predicted molar refractivity (Wildman–Crippen MR) is 136 cm³/mol. The van der Waals surface area contributed by atoms with E-state index >= 15 is 0 Å². The summed E-state index contributed by atoms with van der Waals surface area (Å²) in [4.78, 5) is 11.1. The van der Waals surface area contributed by atoms with E-state index in [1.54, 1.807) is 53.3 Å². The van der Waals surface area contributed by atoms with Gasteiger partial charge in [-0.15, -0.1) is 13.2 Å². The summed E-state index contributed by atoms with van der Waals surface area (Å²) in [6, 6.07) is 16.4. The minimum Gasteiger partial charge on any atom is -0.507 e. The molecular formula is C28H21F3N2O5. The Labute approximate surface area is 215 Å². The zero-order valence-corrected chi connectivity index (χ0v) is 19.9. The molecule has 0 bridgehead atoms. The van der Waals surface area contributed by atoms with Crippen molar-refractivity contribution in [1.29, 1.82) is 0 Å². The number of methoxy groups -OCH3 is 1. The summed E-state index contributed by atoms with van der Waals surface area (Å²) in [7, 11) is 1.44. The molecule has 3 aromatic carbocycles. The van der Waals surface area contributed by atoms with Gasteiger partial charge in [0.1, 0.15) is 11.5 Å². The molecule has 0 aliphatic heterocycles. The van der Waals surface area contributed by atoms with Crippen molar-refractivity contribution in [3.8, 4) is 28.7 Å². The van der Waals surface area contributed by atoms with Crippen LogP contribution in [0.1, 0.15) is 32.9 Å². The highest BCUT2D eigenvalue weighted by atomic mass is 19.4. The van der Waals surface area contributed by atoms with Gasteiger partial charge in [0.15, 0.2) is 17.8 Å². The molecule has 1 heterocycles. The highest BCUT2D eigenvalue weighted by molar-refractivity contribution is 5.82. The van der Waals surface area contributed by atoms with Gasteiger partial charge in [-0.25, -0.2) is 4.68 Å². The second-order valence-corrected chi connectivity index (χ2v) is 7.98. The molecule has 0 saturated heterocycles. The number of carbonyl (C=O) groups is 1. The number of aldehydes is 1. The molecule has 0 aliphatic carbocycles. The molecule has 0 unspecified atom stereocenters. The van der Waals surface area contributed by atoms with E-state index in [1.165, 1.54) is 49.6 Å². The fourth-order valence-corrected chi connectivity index (χ4v) is 3.54. The average molecular weight is 522 g/mol. The van der Waals surface area contributed by atoms with Gasteiger partial charge in [0.05, 0.1) is 29.7 Å². The van der Waals surface area contributed by atoms with E-state index in [-0.39, 0.29) is 22.8 Å². The highest BCUT2D eigenvalue weighted by Crippen LogP contribution is 2.28. The molecule has 194 valence electrons. The van der Waals surface area contributed by atoms with Crippen LogP contribution in [0.2, 0.25) is 0 Å². The van der Waals surface area contributed by atoms with Crippen molar-refractivity contribution in [2.24, 2.45) is 0 Å². The van der Waals surface area contributed by atoms with E-state index in [9.17, 15) is 28.2 Å². The number of ether oxygens (including phenoxy) is 2. The number of phenols is 2. The third kappa shape index (κ3) is 6.41. The Morgan fingerprint density at radius 1 is 0.842 bits per heavy atom. The molecule has 0 fully saturated rings. The first kappa shape index (κ1) is 26.1. The van der Waals surface area contributed by atoms with Gasteiger partial charge in [0.2, 0.25) is 0 Å². The first-order valence-corrected chi connectivity index (χ1v) is 11.1. The van der Waals surface area contributed by atoms with Crippen LogP contribution in [0.4, 0.5) is 13.2 Å². The van der Waals surface area contributed by atoms with E-state index < -0.39 is 6.36 Å². The maximum Gasteiger partial charge on any atom is 0.573 e. The molecule has 4 rings (SSSR count). The lowest BCUT2D eigenvalue weighted by atomic mass is 10.1. The lowest BCUT2D eigenvalue weighted by Crippen LogP contribution is -2.17. The Bertz CT molecular complexity index is 1510. The van der Waals surface area contributed by atoms with Crippen molar-refractivity contribution in [2.75, 3.05) is 7.11 Å². The lowest BCUT2D eigenvalue weighted by molar-refractivity contribution is -0.274. The van der Waals surface area contributed by atoms with Crippen LogP contribution in [0.5, 0.6) is 23.0 Å². The number of hydrogen-bond donors (Lipinski definition) is 2. The second-order valence-electron chi connectivity index (χ2n) is 7.98. The van der Waals surface area contributed by atoms with Crippen LogP contribution in [0.25, 0.3) is 30.0 Å². The van der Waals surface area contributed by atoms with Crippen molar-refractivity contribution in [1.82, 2.24) is 9.78 Å². The van der Waals surface area contributed by atoms with Gasteiger partial charge in [-0.3, -0.25) is 4.79 Å². The van der Waals surface area contributed by atoms with E-state index in [2.05, 4.69) is 9.84 Å². The minimum absolute atomic E-state index is 0.00440. The lowest BCUT2D eigenvalue weighted by Gasteiger charge is -2.10. The first-order valence-electron chi connectivity index (χ1n) is 11.1. The maximum atomic E-state index is 12.6. The Balaban J connectivity index is 1.69. The number of phenolic OH excluding ortho intramolecular Hbond substituents is 2. The number of aromatic nitrogens is 2. The molecule has 2 N–H and O–H groups in total. The van der Waals surface area contributed by atoms with E-state index in [4.69, 9.17) is 4.74 Å². The molecule has 7 nitrogen and oxygen atoms in total. The monoisotopic (exact) mass is 522 g/mol. The van der Waals surface area contributed by atoms with Gasteiger partial charge in [-0.2, -0.15) is 5.10 Å². The Morgan fingerprint density at radius 2 is 1.50 bits per heavy atom. The van der Waals surface area contributed by atoms with Crippen LogP contribution >= 0.6 is 0 Å². The molecular weight excluding hydrogens is 501 g/mol. The number of aromatic hydroxyl groups is 2. The predicted octanol–water partition coefficient (Wildman–Crippen LogP) is 6.34. The Kier molecular flexibility index (Phi) is 7.52. The summed E-state index contributed by atoms with van der Waals surface area (Å²) in [5.41, 5.74) is 3.12. The molecule has 0 spiro atoms. The number of rotatable bonds is 8. The van der Waals surface area contributed by atoms with E-state index in [0.29, 0.717) is 34.7 Å². The Morgan fingerprint density at radius 3 is 2.16 bits per heavy atom. The van der Waals surface area contributed by atoms with Gasteiger partial charge in [-0.05, 0) is 77.9 Å². The average Bonchev–Trinajstić information content (AvgIpc) is 3.30. The van der Waals surface area contributed by atoms with Gasteiger partial charge in [0.25, 0.3) is 0 Å². The number of benzene rings is 3. The summed E-state index contributed by atoms with van der Waals surface area (Å²) in [5.74, 6) is -0.193. The first-order chi connectivity index (χ1) is 18.1. The van der Waals surface area contributed by atoms with Crippen molar-refractivity contribution in [3.05, 3.63) is 94.8 Å². The number of halogens is 3. The molecule has 0 saturated carbocycles. The number of alkyl halides is 3. The van der Waals surface area contributed by atoms with Crippen molar-refractivity contribution in [2.45, 2.75) is 6.36 Å². The summed E-state index contributed by atoms with van der Waals surface area (Å²) >= 11 is 0. The number of nitrogens with zero attached hydrogens (tertiary/aromatic N) is 2. The van der Waals surface area contributed by atoms with Crippen molar-refractivity contribution in [3.63, 3.8) is 0 Å². The SMILES string of the molecule is COc1cc(/C=C/c2cc(/C=C/c3ccc(O)c(C=O)c3)nn2-c2ccc(OC(F)(F)F)cc2)ccc1O. The molecule has 0 atom stereocenters. The van der Waals surface area contributed by atoms with Gasteiger partial charge in [-0.1, -0.05) is 24.3 Å². The summed E-state index contributed by atoms with van der Waals surface area (Å²) < 4.78 is 48.3. The molecule has 1 aromatic heterocycles. The van der Waals surface area contributed by atoms with Gasteiger partial charge < -0.3 is 19.7 Å². The maximum absolute atomic E-state index is 12.6. The molecule has 38 heavy (non-hydrogen) atoms. The van der Waals surface area contributed by atoms with Crippen molar-refractivity contribution >= 4 is 30.6 Å². The smallest absolute Gasteiger partial charge is 0.507 e. The normalized spacial score (nSPS) is 11.8. The standard InChI is InChI=1S/C28H21F3N2O5/c1-37-27-15-19(5-13-26(27)36)3-7-23-16-21(6-2-18-4-12-25(35)20(14-18)17-34)32-33(23)22-8-10-24(11-9-22)38-28(29,30)31/h2-17,35-36H,1H3/b6-2+,7-3+. The largest absolute Gasteiger partial charge is 0.573 e.